The lowest BCUT2D eigenvalue weighted by Gasteiger charge is -2.39. The lowest BCUT2D eigenvalue weighted by molar-refractivity contribution is -0.133. The first-order valence-corrected chi connectivity index (χ1v) is 13.6. The smallest absolute Gasteiger partial charge is 0.315 e. The maximum atomic E-state index is 14.0. The Balaban J connectivity index is 1.54. The van der Waals surface area contributed by atoms with Crippen molar-refractivity contribution < 1.29 is 28.2 Å². The van der Waals surface area contributed by atoms with Crippen molar-refractivity contribution in [2.24, 2.45) is 0 Å². The molecule has 1 aliphatic heterocycles. The molecule has 0 radical (unpaired) electrons. The van der Waals surface area contributed by atoms with Crippen LogP contribution in [0.25, 0.3) is 11.1 Å². The molecular formula is C34H33FN2O5. The molecule has 4 aromatic carbocycles. The average Bonchev–Trinajstić information content (AvgIpc) is 2.96. The van der Waals surface area contributed by atoms with Crippen LogP contribution in [0.15, 0.2) is 78.9 Å². The van der Waals surface area contributed by atoms with Crippen molar-refractivity contribution in [2.75, 3.05) is 24.4 Å². The van der Waals surface area contributed by atoms with Gasteiger partial charge in [-0.05, 0) is 67.8 Å². The number of para-hydroxylation sites is 1. The number of ether oxygens (including phenoxy) is 3. The van der Waals surface area contributed by atoms with Crippen LogP contribution in [0.3, 0.4) is 0 Å². The highest BCUT2D eigenvalue weighted by Crippen LogP contribution is 2.44. The number of fused-ring (bicyclic) bond motifs is 1. The van der Waals surface area contributed by atoms with E-state index < -0.39 is 17.3 Å². The predicted octanol–water partition coefficient (Wildman–Crippen LogP) is 6.70. The molecule has 0 atom stereocenters. The number of nitrogens with one attached hydrogen (secondary N) is 1. The summed E-state index contributed by atoms with van der Waals surface area (Å²) in [6.07, 6.45) is 0.0563. The average molecular weight is 569 g/mol. The van der Waals surface area contributed by atoms with E-state index in [2.05, 4.69) is 5.32 Å². The van der Waals surface area contributed by atoms with Crippen LogP contribution >= 0.6 is 0 Å². The van der Waals surface area contributed by atoms with Crippen molar-refractivity contribution >= 4 is 23.3 Å². The minimum absolute atomic E-state index is 0.0563. The second-order valence-electron chi connectivity index (χ2n) is 10.8. The fraction of sp³-hybridized carbons (Fsp3) is 0.235. The van der Waals surface area contributed by atoms with E-state index in [1.807, 2.05) is 51.1 Å². The fourth-order valence-electron chi connectivity index (χ4n) is 5.20. The number of methoxy groups -OCH3 is 1. The summed E-state index contributed by atoms with van der Waals surface area (Å²) in [5.41, 5.74) is 4.41. The fourth-order valence-corrected chi connectivity index (χ4v) is 5.20. The van der Waals surface area contributed by atoms with E-state index in [9.17, 15) is 14.0 Å². The third-order valence-corrected chi connectivity index (χ3v) is 7.31. The number of amides is 1. The number of halogens is 1. The quantitative estimate of drug-likeness (QED) is 0.188. The molecule has 1 aliphatic rings. The molecular weight excluding hydrogens is 535 g/mol. The van der Waals surface area contributed by atoms with Gasteiger partial charge in [-0.15, -0.1) is 0 Å². The van der Waals surface area contributed by atoms with Crippen molar-refractivity contribution in [3.05, 3.63) is 101 Å². The Morgan fingerprint density at radius 2 is 1.69 bits per heavy atom. The summed E-state index contributed by atoms with van der Waals surface area (Å²) in [4.78, 5) is 27.5. The van der Waals surface area contributed by atoms with Gasteiger partial charge in [-0.2, -0.15) is 0 Å². The molecule has 5 rings (SSSR count). The molecule has 0 saturated carbocycles. The predicted molar refractivity (Wildman–Crippen MR) is 161 cm³/mol. The molecule has 42 heavy (non-hydrogen) atoms. The van der Waals surface area contributed by atoms with Gasteiger partial charge in [0, 0.05) is 24.2 Å². The topological polar surface area (TPSA) is 77.1 Å². The first-order chi connectivity index (χ1) is 20.1. The van der Waals surface area contributed by atoms with Crippen LogP contribution in [-0.4, -0.2) is 31.6 Å². The molecule has 1 heterocycles. The van der Waals surface area contributed by atoms with Crippen LogP contribution in [0.5, 0.6) is 17.2 Å². The van der Waals surface area contributed by atoms with Gasteiger partial charge in [0.15, 0.2) is 0 Å². The standard InChI is InChI=1S/C34H33FN2O5/c1-21-11-13-23(35)19-29(21)41-20-27-25(15-16-28-32(27)37(4)33(39)34(2,3)36-28)26-14-12-22(17-30(26)40-5)18-31(38)42-24-9-7-6-8-10-24/h6-17,19,36H,18,20H2,1-5H3. The van der Waals surface area contributed by atoms with Crippen molar-refractivity contribution in [3.8, 4) is 28.4 Å². The summed E-state index contributed by atoms with van der Waals surface area (Å²) >= 11 is 0. The Labute approximate surface area is 244 Å². The summed E-state index contributed by atoms with van der Waals surface area (Å²) in [7, 11) is 3.30. The zero-order valence-electron chi connectivity index (χ0n) is 24.3. The van der Waals surface area contributed by atoms with E-state index in [1.54, 1.807) is 55.5 Å². The summed E-state index contributed by atoms with van der Waals surface area (Å²) < 4.78 is 31.4. The van der Waals surface area contributed by atoms with Gasteiger partial charge in [-0.3, -0.25) is 9.59 Å². The summed E-state index contributed by atoms with van der Waals surface area (Å²) in [6, 6.07) is 22.7. The van der Waals surface area contributed by atoms with Crippen LogP contribution in [-0.2, 0) is 22.6 Å². The molecule has 1 amide bonds. The third-order valence-electron chi connectivity index (χ3n) is 7.31. The van der Waals surface area contributed by atoms with Gasteiger partial charge in [0.05, 0.1) is 24.9 Å². The normalized spacial score (nSPS) is 13.7. The highest BCUT2D eigenvalue weighted by atomic mass is 19.1. The molecule has 0 unspecified atom stereocenters. The van der Waals surface area contributed by atoms with Crippen LogP contribution in [0.4, 0.5) is 15.8 Å². The largest absolute Gasteiger partial charge is 0.496 e. The molecule has 1 N–H and O–H groups in total. The first kappa shape index (κ1) is 28.7. The van der Waals surface area contributed by atoms with Crippen molar-refractivity contribution in [1.82, 2.24) is 0 Å². The Morgan fingerprint density at radius 1 is 0.952 bits per heavy atom. The first-order valence-electron chi connectivity index (χ1n) is 13.6. The number of carbonyl (C=O) groups is 2. The Kier molecular flexibility index (Phi) is 7.89. The summed E-state index contributed by atoms with van der Waals surface area (Å²) in [5, 5.41) is 3.34. The van der Waals surface area contributed by atoms with Crippen LogP contribution in [0.1, 0.15) is 30.5 Å². The molecule has 7 nitrogen and oxygen atoms in total. The Morgan fingerprint density at radius 3 is 2.43 bits per heavy atom. The summed E-state index contributed by atoms with van der Waals surface area (Å²) in [5.74, 6) is 0.545. The Bertz CT molecular complexity index is 1650. The van der Waals surface area contributed by atoms with Gasteiger partial charge in [0.2, 0.25) is 0 Å². The maximum Gasteiger partial charge on any atom is 0.315 e. The Hall–Kier alpha value is -4.85. The second kappa shape index (κ2) is 11.6. The highest BCUT2D eigenvalue weighted by molar-refractivity contribution is 6.08. The number of hydrogen-bond acceptors (Lipinski definition) is 6. The van der Waals surface area contributed by atoms with E-state index in [0.29, 0.717) is 22.9 Å². The molecule has 0 spiro atoms. The second-order valence-corrected chi connectivity index (χ2v) is 10.8. The highest BCUT2D eigenvalue weighted by Gasteiger charge is 2.38. The third kappa shape index (κ3) is 5.79. The number of benzene rings is 4. The van der Waals surface area contributed by atoms with E-state index >= 15 is 0 Å². The van der Waals surface area contributed by atoms with Crippen molar-refractivity contribution in [2.45, 2.75) is 39.3 Å². The zero-order valence-corrected chi connectivity index (χ0v) is 24.3. The van der Waals surface area contributed by atoms with Crippen LogP contribution in [0.2, 0.25) is 0 Å². The van der Waals surface area contributed by atoms with Crippen LogP contribution < -0.4 is 24.4 Å². The van der Waals surface area contributed by atoms with Gasteiger partial charge in [0.25, 0.3) is 5.91 Å². The minimum Gasteiger partial charge on any atom is -0.496 e. The molecule has 0 aliphatic carbocycles. The molecule has 8 heteroatoms. The van der Waals surface area contributed by atoms with Gasteiger partial charge >= 0.3 is 5.97 Å². The molecule has 216 valence electrons. The molecule has 0 fully saturated rings. The van der Waals surface area contributed by atoms with E-state index in [0.717, 1.165) is 33.5 Å². The summed E-state index contributed by atoms with van der Waals surface area (Å²) in [6.45, 7) is 5.58. The molecule has 4 aromatic rings. The van der Waals surface area contributed by atoms with Gasteiger partial charge < -0.3 is 24.4 Å². The van der Waals surface area contributed by atoms with Crippen molar-refractivity contribution in [3.63, 3.8) is 0 Å². The lowest BCUT2D eigenvalue weighted by atomic mass is 9.91. The molecule has 0 saturated heterocycles. The number of hydrogen-bond donors (Lipinski definition) is 1. The molecule has 0 bridgehead atoms. The maximum absolute atomic E-state index is 14.0. The van der Waals surface area contributed by atoms with E-state index in [-0.39, 0.29) is 18.9 Å². The van der Waals surface area contributed by atoms with Crippen LogP contribution in [0, 0.1) is 12.7 Å². The SMILES string of the molecule is COc1cc(CC(=O)Oc2ccccc2)ccc1-c1ccc2c(c1COc1cc(F)ccc1C)N(C)C(=O)C(C)(C)N2. The number of nitrogens with zero attached hydrogens (tertiary/aromatic N) is 1. The number of carbonyl (C=O) groups excluding carboxylic acids is 2. The number of likely N-dealkylation sites (N-methyl/N-ethyl adjacent to an activating group) is 1. The number of anilines is 2. The van der Waals surface area contributed by atoms with Crippen molar-refractivity contribution in [1.29, 1.82) is 0 Å². The zero-order chi connectivity index (χ0) is 30.0. The lowest BCUT2D eigenvalue weighted by Crippen LogP contribution is -2.52. The monoisotopic (exact) mass is 568 g/mol. The number of aryl methyl sites for hydroxylation is 1. The van der Waals surface area contributed by atoms with Gasteiger partial charge in [-0.1, -0.05) is 42.5 Å². The van der Waals surface area contributed by atoms with E-state index in [4.69, 9.17) is 14.2 Å². The number of esters is 1. The van der Waals surface area contributed by atoms with Gasteiger partial charge in [-0.25, -0.2) is 4.39 Å². The molecule has 0 aromatic heterocycles. The van der Waals surface area contributed by atoms with Gasteiger partial charge in [0.1, 0.15) is 35.2 Å². The number of rotatable bonds is 8. The van der Waals surface area contributed by atoms with E-state index in [1.165, 1.54) is 12.1 Å². The minimum atomic E-state index is -0.797.